The van der Waals surface area contributed by atoms with Gasteiger partial charge >= 0.3 is 0 Å². The topological polar surface area (TPSA) is 45.5 Å². The Bertz CT molecular complexity index is 286. The van der Waals surface area contributed by atoms with Gasteiger partial charge in [0.1, 0.15) is 0 Å². The molecule has 0 saturated heterocycles. The Kier molecular flexibility index (Phi) is 2.44. The lowest BCUT2D eigenvalue weighted by Gasteiger charge is -1.98. The van der Waals surface area contributed by atoms with Crippen molar-refractivity contribution in [1.82, 2.24) is 4.98 Å². The zero-order valence-electron chi connectivity index (χ0n) is 5.95. The lowest BCUT2D eigenvalue weighted by molar-refractivity contribution is 0.322. The first-order chi connectivity index (χ1) is 5.25. The van der Waals surface area contributed by atoms with E-state index < -0.39 is 0 Å². The van der Waals surface area contributed by atoms with E-state index in [0.717, 1.165) is 5.56 Å². The van der Waals surface area contributed by atoms with Crippen molar-refractivity contribution in [3.05, 3.63) is 28.5 Å². The number of pyridine rings is 1. The van der Waals surface area contributed by atoms with Gasteiger partial charge in [0.15, 0.2) is 0 Å². The van der Waals surface area contributed by atoms with Gasteiger partial charge < -0.3 is 5.21 Å². The van der Waals surface area contributed by atoms with Crippen molar-refractivity contribution in [2.45, 2.75) is 6.92 Å². The number of halogens is 1. The molecule has 0 radical (unpaired) electrons. The van der Waals surface area contributed by atoms with Crippen molar-refractivity contribution in [2.24, 2.45) is 5.16 Å². The minimum atomic E-state index is 0.567. The molecular weight excluding hydrogens is 164 g/mol. The monoisotopic (exact) mass is 170 g/mol. The van der Waals surface area contributed by atoms with Gasteiger partial charge in [0, 0.05) is 18.0 Å². The highest BCUT2D eigenvalue weighted by atomic mass is 35.5. The van der Waals surface area contributed by atoms with Crippen LogP contribution in [0.1, 0.15) is 11.1 Å². The summed E-state index contributed by atoms with van der Waals surface area (Å²) in [5.74, 6) is 0. The molecule has 3 nitrogen and oxygen atoms in total. The molecule has 0 fully saturated rings. The molecule has 11 heavy (non-hydrogen) atoms. The molecule has 58 valence electrons. The lowest BCUT2D eigenvalue weighted by Crippen LogP contribution is -1.88. The van der Waals surface area contributed by atoms with Gasteiger partial charge in [0.05, 0.1) is 11.2 Å². The van der Waals surface area contributed by atoms with Crippen LogP contribution in [-0.2, 0) is 0 Å². The first-order valence-electron chi connectivity index (χ1n) is 3.03. The Morgan fingerprint density at radius 1 is 1.64 bits per heavy atom. The second-order valence-electron chi connectivity index (χ2n) is 2.10. The molecular formula is C7H7ClN2O. The van der Waals surface area contributed by atoms with Crippen LogP contribution in [0.15, 0.2) is 17.5 Å². The number of nitrogens with zero attached hydrogens (tertiary/aromatic N) is 2. The Morgan fingerprint density at radius 3 is 3.00 bits per heavy atom. The Morgan fingerprint density at radius 2 is 2.36 bits per heavy atom. The van der Waals surface area contributed by atoms with Gasteiger partial charge in [-0.25, -0.2) is 0 Å². The van der Waals surface area contributed by atoms with E-state index in [1.54, 1.807) is 6.20 Å². The predicted octanol–water partition coefficient (Wildman–Crippen LogP) is 1.85. The van der Waals surface area contributed by atoms with Gasteiger partial charge in [-0.1, -0.05) is 16.8 Å². The second kappa shape index (κ2) is 3.34. The van der Waals surface area contributed by atoms with Crippen molar-refractivity contribution in [3.63, 3.8) is 0 Å². The second-order valence-corrected chi connectivity index (χ2v) is 2.48. The summed E-state index contributed by atoms with van der Waals surface area (Å²) in [4.78, 5) is 3.88. The van der Waals surface area contributed by atoms with Crippen LogP contribution >= 0.6 is 11.6 Å². The average Bonchev–Trinajstić information content (AvgIpc) is 1.99. The fourth-order valence-electron chi connectivity index (χ4n) is 0.723. The highest BCUT2D eigenvalue weighted by Crippen LogP contribution is 2.16. The van der Waals surface area contributed by atoms with E-state index in [0.29, 0.717) is 10.6 Å². The van der Waals surface area contributed by atoms with Crippen LogP contribution < -0.4 is 0 Å². The zero-order valence-corrected chi connectivity index (χ0v) is 6.71. The number of rotatable bonds is 1. The fourth-order valence-corrected chi connectivity index (χ4v) is 0.869. The minimum absolute atomic E-state index is 0.567. The third-order valence-corrected chi connectivity index (χ3v) is 1.79. The molecule has 4 heteroatoms. The first kappa shape index (κ1) is 8.01. The molecule has 0 aliphatic rings. The zero-order chi connectivity index (χ0) is 8.27. The third-order valence-electron chi connectivity index (χ3n) is 1.28. The van der Waals surface area contributed by atoms with Gasteiger partial charge in [-0.3, -0.25) is 4.98 Å². The maximum absolute atomic E-state index is 8.22. The third kappa shape index (κ3) is 1.68. The smallest absolute Gasteiger partial charge is 0.0764 e. The van der Waals surface area contributed by atoms with Crippen LogP contribution in [0.5, 0.6) is 0 Å². The highest BCUT2D eigenvalue weighted by Gasteiger charge is 1.99. The van der Waals surface area contributed by atoms with Crippen molar-refractivity contribution in [3.8, 4) is 0 Å². The predicted molar refractivity (Wildman–Crippen MR) is 43.4 cm³/mol. The molecule has 1 heterocycles. The van der Waals surface area contributed by atoms with Crippen molar-refractivity contribution in [2.75, 3.05) is 0 Å². The van der Waals surface area contributed by atoms with Crippen LogP contribution in [0.3, 0.4) is 0 Å². The van der Waals surface area contributed by atoms with Gasteiger partial charge in [-0.05, 0) is 12.5 Å². The summed E-state index contributed by atoms with van der Waals surface area (Å²) in [6.07, 6.45) is 4.44. The van der Waals surface area contributed by atoms with E-state index in [1.165, 1.54) is 12.4 Å². The van der Waals surface area contributed by atoms with E-state index >= 15 is 0 Å². The van der Waals surface area contributed by atoms with E-state index in [4.69, 9.17) is 16.8 Å². The van der Waals surface area contributed by atoms with Gasteiger partial charge in [0.25, 0.3) is 0 Å². The molecule has 1 aromatic rings. The van der Waals surface area contributed by atoms with E-state index in [2.05, 4.69) is 10.1 Å². The minimum Gasteiger partial charge on any atom is -0.411 e. The van der Waals surface area contributed by atoms with Crippen molar-refractivity contribution < 1.29 is 5.21 Å². The van der Waals surface area contributed by atoms with E-state index in [1.807, 2.05) is 6.92 Å². The summed E-state index contributed by atoms with van der Waals surface area (Å²) in [5, 5.41) is 11.6. The maximum atomic E-state index is 8.22. The van der Waals surface area contributed by atoms with Crippen LogP contribution in [0, 0.1) is 6.92 Å². The van der Waals surface area contributed by atoms with Crippen molar-refractivity contribution in [1.29, 1.82) is 0 Å². The van der Waals surface area contributed by atoms with Crippen LogP contribution in [0.4, 0.5) is 0 Å². The van der Waals surface area contributed by atoms with E-state index in [-0.39, 0.29) is 0 Å². The molecule has 0 aromatic carbocycles. The molecule has 0 aliphatic carbocycles. The summed E-state index contributed by atoms with van der Waals surface area (Å²) in [7, 11) is 0. The number of aromatic nitrogens is 1. The summed E-state index contributed by atoms with van der Waals surface area (Å²) in [6.45, 7) is 1.84. The van der Waals surface area contributed by atoms with Crippen LogP contribution in [0.2, 0.25) is 5.02 Å². The van der Waals surface area contributed by atoms with Crippen LogP contribution in [0.25, 0.3) is 0 Å². The summed E-state index contributed by atoms with van der Waals surface area (Å²) in [5.41, 5.74) is 1.48. The fraction of sp³-hybridized carbons (Fsp3) is 0.143. The SMILES string of the molecule is Cc1cncc(C=NO)c1Cl. The van der Waals surface area contributed by atoms with Crippen LogP contribution in [-0.4, -0.2) is 16.4 Å². The quantitative estimate of drug-likeness (QED) is 0.397. The Balaban J connectivity index is 3.16. The lowest BCUT2D eigenvalue weighted by atomic mass is 10.2. The maximum Gasteiger partial charge on any atom is 0.0764 e. The van der Waals surface area contributed by atoms with Gasteiger partial charge in [-0.15, -0.1) is 0 Å². The molecule has 1 rings (SSSR count). The highest BCUT2D eigenvalue weighted by molar-refractivity contribution is 6.33. The largest absolute Gasteiger partial charge is 0.411 e. The standard InChI is InChI=1S/C7H7ClN2O/c1-5-2-9-3-6(4-10-11)7(5)8/h2-4,11H,1H3. The number of aryl methyl sites for hydroxylation is 1. The molecule has 0 unspecified atom stereocenters. The molecule has 1 aromatic heterocycles. The van der Waals surface area contributed by atoms with Crippen molar-refractivity contribution >= 4 is 17.8 Å². The molecule has 0 atom stereocenters. The molecule has 0 aliphatic heterocycles. The van der Waals surface area contributed by atoms with E-state index in [9.17, 15) is 0 Å². The molecule has 0 spiro atoms. The number of hydrogen-bond donors (Lipinski definition) is 1. The molecule has 0 saturated carbocycles. The molecule has 0 amide bonds. The number of oxime groups is 1. The summed E-state index contributed by atoms with van der Waals surface area (Å²) in [6, 6.07) is 0. The summed E-state index contributed by atoms with van der Waals surface area (Å²) >= 11 is 5.83. The van der Waals surface area contributed by atoms with Gasteiger partial charge in [0.2, 0.25) is 0 Å². The normalized spacial score (nSPS) is 10.7. The number of hydrogen-bond acceptors (Lipinski definition) is 3. The first-order valence-corrected chi connectivity index (χ1v) is 3.41. The molecule has 0 bridgehead atoms. The van der Waals surface area contributed by atoms with Gasteiger partial charge in [-0.2, -0.15) is 0 Å². The average molecular weight is 171 g/mol. The summed E-state index contributed by atoms with van der Waals surface area (Å²) < 4.78 is 0. The molecule has 1 N–H and O–H groups in total. The Labute approximate surface area is 69.3 Å². The Hall–Kier alpha value is -1.09.